The van der Waals surface area contributed by atoms with Crippen molar-refractivity contribution in [3.05, 3.63) is 5.88 Å². The summed E-state index contributed by atoms with van der Waals surface area (Å²) in [5, 5.41) is 0. The van der Waals surface area contributed by atoms with E-state index in [9.17, 15) is 0 Å². The number of hydrogen-bond acceptors (Lipinski definition) is 0. The lowest BCUT2D eigenvalue weighted by molar-refractivity contribution is 0.529. The molecule has 0 atom stereocenters. The molecule has 0 amide bonds. The third-order valence-electron chi connectivity index (χ3n) is 4.17. The Morgan fingerprint density at radius 2 is 0.800 bits per heavy atom. The minimum atomic E-state index is 1.08. The molecule has 0 nitrogen and oxygen atoms in total. The highest BCUT2D eigenvalue weighted by molar-refractivity contribution is 6.23. The van der Waals surface area contributed by atoms with Gasteiger partial charge in [-0.2, -0.15) is 0 Å². The van der Waals surface area contributed by atoms with Gasteiger partial charge in [0.15, 0.2) is 0 Å². The average molecular weight is 302 g/mol. The molecule has 0 N–H and O–H groups in total. The zero-order valence-corrected chi connectivity index (χ0v) is 14.7. The first-order valence-electron chi connectivity index (χ1n) is 9.33. The number of halogens is 1. The number of rotatable bonds is 17. The van der Waals surface area contributed by atoms with E-state index in [1.54, 1.807) is 5.88 Å². The lowest BCUT2D eigenvalue weighted by atomic mass is 10.0. The van der Waals surface area contributed by atoms with Crippen molar-refractivity contribution in [3.8, 4) is 0 Å². The van der Waals surface area contributed by atoms with Gasteiger partial charge in [-0.1, -0.05) is 110 Å². The maximum atomic E-state index is 5.54. The Morgan fingerprint density at radius 3 is 1.10 bits per heavy atom. The lowest BCUT2D eigenvalue weighted by Crippen LogP contribution is -1.83. The largest absolute Gasteiger partial charge is 0.121 e. The Balaban J connectivity index is 2.89. The van der Waals surface area contributed by atoms with Crippen LogP contribution in [0.1, 0.15) is 116 Å². The maximum Gasteiger partial charge on any atom is 0.0499 e. The van der Waals surface area contributed by atoms with Crippen LogP contribution in [0.25, 0.3) is 0 Å². The van der Waals surface area contributed by atoms with Crippen molar-refractivity contribution in [1.82, 2.24) is 0 Å². The molecule has 1 radical (unpaired) electrons. The van der Waals surface area contributed by atoms with Crippen LogP contribution in [-0.4, -0.2) is 0 Å². The fourth-order valence-corrected chi connectivity index (χ4v) is 2.92. The summed E-state index contributed by atoms with van der Waals surface area (Å²) in [6, 6.07) is 0. The van der Waals surface area contributed by atoms with E-state index in [0.717, 1.165) is 6.42 Å². The van der Waals surface area contributed by atoms with Crippen molar-refractivity contribution in [3.63, 3.8) is 0 Å². The molecule has 0 aliphatic carbocycles. The molecule has 0 heterocycles. The Morgan fingerprint density at radius 1 is 0.500 bits per heavy atom. The van der Waals surface area contributed by atoms with Gasteiger partial charge in [0.05, 0.1) is 0 Å². The molecule has 0 aliphatic rings. The van der Waals surface area contributed by atoms with E-state index in [-0.39, 0.29) is 0 Å². The molecule has 1 heteroatoms. The SMILES string of the molecule is CCCCCCCCCCCCCCCCCC[CH]Cl. The van der Waals surface area contributed by atoms with Gasteiger partial charge in [0, 0.05) is 5.88 Å². The predicted octanol–water partition coefficient (Wildman–Crippen LogP) is 8.04. The van der Waals surface area contributed by atoms with Crippen molar-refractivity contribution in [2.45, 2.75) is 116 Å². The molecule has 0 bridgehead atoms. The van der Waals surface area contributed by atoms with Gasteiger partial charge >= 0.3 is 0 Å². The van der Waals surface area contributed by atoms with Crippen molar-refractivity contribution in [2.24, 2.45) is 0 Å². The van der Waals surface area contributed by atoms with Crippen LogP contribution in [0.4, 0.5) is 0 Å². The molecule has 121 valence electrons. The fourth-order valence-electron chi connectivity index (χ4n) is 2.77. The first-order valence-corrected chi connectivity index (χ1v) is 9.77. The van der Waals surface area contributed by atoms with Crippen molar-refractivity contribution >= 4 is 11.6 Å². The fraction of sp³-hybridized carbons (Fsp3) is 0.947. The summed E-state index contributed by atoms with van der Waals surface area (Å²) in [4.78, 5) is 0. The Kier molecular flexibility index (Phi) is 19.6. The molecular formula is C19H38Cl. The highest BCUT2D eigenvalue weighted by Gasteiger charge is 1.94. The molecule has 0 saturated carbocycles. The van der Waals surface area contributed by atoms with Crippen molar-refractivity contribution in [1.29, 1.82) is 0 Å². The van der Waals surface area contributed by atoms with Crippen LogP contribution < -0.4 is 0 Å². The molecule has 0 aromatic heterocycles. The van der Waals surface area contributed by atoms with E-state index in [0.29, 0.717) is 0 Å². The molecule has 0 fully saturated rings. The Labute approximate surface area is 134 Å². The molecule has 0 unspecified atom stereocenters. The zero-order valence-electron chi connectivity index (χ0n) is 14.0. The first kappa shape index (κ1) is 20.3. The van der Waals surface area contributed by atoms with Crippen LogP contribution in [0.15, 0.2) is 0 Å². The minimum Gasteiger partial charge on any atom is -0.121 e. The first-order chi connectivity index (χ1) is 9.91. The Bertz CT molecular complexity index is 138. The highest BCUT2D eigenvalue weighted by Crippen LogP contribution is 2.14. The summed E-state index contributed by atoms with van der Waals surface area (Å²) in [7, 11) is 0. The normalized spacial score (nSPS) is 11.1. The van der Waals surface area contributed by atoms with Crippen LogP contribution in [0.5, 0.6) is 0 Å². The third-order valence-corrected chi connectivity index (χ3v) is 4.39. The van der Waals surface area contributed by atoms with E-state index in [1.165, 1.54) is 103 Å². The van der Waals surface area contributed by atoms with Crippen LogP contribution in [-0.2, 0) is 0 Å². The molecule has 0 aliphatic heterocycles. The summed E-state index contributed by atoms with van der Waals surface area (Å²) in [6.07, 6.45) is 24.0. The number of unbranched alkanes of at least 4 members (excludes halogenated alkanes) is 16. The maximum absolute atomic E-state index is 5.54. The van der Waals surface area contributed by atoms with Crippen LogP contribution >= 0.6 is 11.6 Å². The van der Waals surface area contributed by atoms with Gasteiger partial charge in [-0.15, -0.1) is 11.6 Å². The summed E-state index contributed by atoms with van der Waals surface area (Å²) in [5.41, 5.74) is 0. The van der Waals surface area contributed by atoms with Crippen molar-refractivity contribution in [2.75, 3.05) is 0 Å². The van der Waals surface area contributed by atoms with Gasteiger partial charge in [0.2, 0.25) is 0 Å². The summed E-state index contributed by atoms with van der Waals surface area (Å²) < 4.78 is 0. The van der Waals surface area contributed by atoms with E-state index in [2.05, 4.69) is 6.92 Å². The second-order valence-electron chi connectivity index (χ2n) is 6.25. The summed E-state index contributed by atoms with van der Waals surface area (Å²) >= 11 is 5.54. The van der Waals surface area contributed by atoms with E-state index >= 15 is 0 Å². The number of hydrogen-bond donors (Lipinski definition) is 0. The summed E-state index contributed by atoms with van der Waals surface area (Å²) in [6.45, 7) is 2.29. The van der Waals surface area contributed by atoms with E-state index < -0.39 is 0 Å². The standard InChI is InChI=1S/C19H38Cl/c1-2-3-4-5-6-7-8-9-10-11-12-13-14-15-16-17-18-19-20/h19H,2-18H2,1H3. The van der Waals surface area contributed by atoms with Gasteiger partial charge in [-0.05, 0) is 6.42 Å². The van der Waals surface area contributed by atoms with Crippen LogP contribution in [0, 0.1) is 5.88 Å². The quantitative estimate of drug-likeness (QED) is 0.238. The monoisotopic (exact) mass is 301 g/mol. The third kappa shape index (κ3) is 18.3. The van der Waals surface area contributed by atoms with E-state index in [4.69, 9.17) is 11.6 Å². The molecule has 20 heavy (non-hydrogen) atoms. The molecule has 0 aromatic carbocycles. The molecule has 0 aromatic rings. The van der Waals surface area contributed by atoms with Gasteiger partial charge < -0.3 is 0 Å². The van der Waals surface area contributed by atoms with Gasteiger partial charge in [-0.3, -0.25) is 0 Å². The summed E-state index contributed by atoms with van der Waals surface area (Å²) in [5.74, 6) is 1.77. The second kappa shape index (κ2) is 19.3. The van der Waals surface area contributed by atoms with E-state index in [1.807, 2.05) is 0 Å². The highest BCUT2D eigenvalue weighted by atomic mass is 35.5. The average Bonchev–Trinajstić information content (AvgIpc) is 2.47. The van der Waals surface area contributed by atoms with Crippen LogP contribution in [0.3, 0.4) is 0 Å². The smallest absolute Gasteiger partial charge is 0.0499 e. The minimum absolute atomic E-state index is 1.08. The predicted molar refractivity (Wildman–Crippen MR) is 94.3 cm³/mol. The second-order valence-corrected chi connectivity index (χ2v) is 6.55. The van der Waals surface area contributed by atoms with Crippen LogP contribution in [0.2, 0.25) is 0 Å². The zero-order chi connectivity index (χ0) is 14.7. The van der Waals surface area contributed by atoms with Gasteiger partial charge in [0.25, 0.3) is 0 Å². The molecule has 0 rings (SSSR count). The molecule has 0 spiro atoms. The molecule has 0 saturated heterocycles. The van der Waals surface area contributed by atoms with Crippen molar-refractivity contribution < 1.29 is 0 Å². The lowest BCUT2D eigenvalue weighted by Gasteiger charge is -2.03. The molecular weight excluding hydrogens is 264 g/mol. The van der Waals surface area contributed by atoms with Gasteiger partial charge in [0.1, 0.15) is 0 Å². The Hall–Kier alpha value is 0.290. The topological polar surface area (TPSA) is 0 Å². The van der Waals surface area contributed by atoms with Gasteiger partial charge in [-0.25, -0.2) is 0 Å².